The van der Waals surface area contributed by atoms with Gasteiger partial charge in [0.1, 0.15) is 11.5 Å². The van der Waals surface area contributed by atoms with Gasteiger partial charge in [0.2, 0.25) is 0 Å². The molecule has 2 rings (SSSR count). The summed E-state index contributed by atoms with van der Waals surface area (Å²) in [6.45, 7) is 5.58. The summed E-state index contributed by atoms with van der Waals surface area (Å²) in [6, 6.07) is 12.4. The van der Waals surface area contributed by atoms with Gasteiger partial charge in [-0.15, -0.1) is 0 Å². The number of phenolic OH excluding ortho intramolecular Hbond substituents is 1. The van der Waals surface area contributed by atoms with Crippen LogP contribution < -0.4 is 10.2 Å². The van der Waals surface area contributed by atoms with Gasteiger partial charge in [-0.25, -0.2) is 5.43 Å². The number of nitrogens with zero attached hydrogens (tertiary/aromatic N) is 1. The van der Waals surface area contributed by atoms with Crippen LogP contribution in [0.25, 0.3) is 0 Å². The van der Waals surface area contributed by atoms with Crippen molar-refractivity contribution in [1.82, 2.24) is 5.43 Å². The number of carbonyl (C=O) groups excluding carboxylic acids is 1. The third-order valence-corrected chi connectivity index (χ3v) is 3.53. The number of aromatic hydroxyl groups is 1. The zero-order valence-corrected chi connectivity index (χ0v) is 13.5. The summed E-state index contributed by atoms with van der Waals surface area (Å²) in [7, 11) is 0. The predicted octanol–water partition coefficient (Wildman–Crippen LogP) is 2.93. The number of phenols is 1. The molecule has 0 aromatic heterocycles. The Labute approximate surface area is 135 Å². The summed E-state index contributed by atoms with van der Waals surface area (Å²) in [5, 5.41) is 13.4. The van der Waals surface area contributed by atoms with Crippen LogP contribution in [0.15, 0.2) is 47.6 Å². The van der Waals surface area contributed by atoms with Gasteiger partial charge < -0.3 is 9.84 Å². The molecule has 2 aromatic rings. The van der Waals surface area contributed by atoms with E-state index in [1.165, 1.54) is 0 Å². The average molecular weight is 312 g/mol. The molecule has 0 aliphatic rings. The van der Waals surface area contributed by atoms with Crippen molar-refractivity contribution in [3.05, 3.63) is 59.2 Å². The summed E-state index contributed by atoms with van der Waals surface area (Å²) >= 11 is 0. The van der Waals surface area contributed by atoms with Crippen molar-refractivity contribution in [3.8, 4) is 11.5 Å². The molecule has 23 heavy (non-hydrogen) atoms. The van der Waals surface area contributed by atoms with Crippen LogP contribution in [0.5, 0.6) is 11.5 Å². The Morgan fingerprint density at radius 2 is 1.96 bits per heavy atom. The van der Waals surface area contributed by atoms with Crippen LogP contribution in [0.3, 0.4) is 0 Å². The van der Waals surface area contributed by atoms with Crippen molar-refractivity contribution in [3.63, 3.8) is 0 Å². The van der Waals surface area contributed by atoms with Crippen molar-refractivity contribution in [2.75, 3.05) is 6.61 Å². The Balaban J connectivity index is 1.92. The molecule has 2 N–H and O–H groups in total. The highest BCUT2D eigenvalue weighted by atomic mass is 16.5. The smallest absolute Gasteiger partial charge is 0.277 e. The first kappa shape index (κ1) is 16.5. The van der Waals surface area contributed by atoms with E-state index in [2.05, 4.69) is 10.5 Å². The number of ether oxygens (including phenoxy) is 1. The van der Waals surface area contributed by atoms with Crippen LogP contribution in [0.4, 0.5) is 0 Å². The van der Waals surface area contributed by atoms with Gasteiger partial charge in [0.05, 0.1) is 5.71 Å². The van der Waals surface area contributed by atoms with Crippen molar-refractivity contribution in [1.29, 1.82) is 0 Å². The number of aryl methyl sites for hydroxylation is 1. The minimum atomic E-state index is -0.342. The first-order valence-corrected chi connectivity index (χ1v) is 7.29. The van der Waals surface area contributed by atoms with E-state index < -0.39 is 0 Å². The quantitative estimate of drug-likeness (QED) is 0.659. The number of nitrogens with one attached hydrogen (secondary N) is 1. The second kappa shape index (κ2) is 7.45. The zero-order chi connectivity index (χ0) is 16.8. The molecule has 120 valence electrons. The molecule has 0 unspecified atom stereocenters. The highest BCUT2D eigenvalue weighted by molar-refractivity contribution is 5.99. The van der Waals surface area contributed by atoms with Crippen molar-refractivity contribution in [2.24, 2.45) is 5.10 Å². The van der Waals surface area contributed by atoms with Crippen molar-refractivity contribution < 1.29 is 14.6 Å². The zero-order valence-electron chi connectivity index (χ0n) is 13.5. The number of hydrogen-bond acceptors (Lipinski definition) is 4. The molecular weight excluding hydrogens is 292 g/mol. The first-order valence-electron chi connectivity index (χ1n) is 7.29. The van der Waals surface area contributed by atoms with Crippen LogP contribution in [0.1, 0.15) is 23.6 Å². The predicted molar refractivity (Wildman–Crippen MR) is 89.9 cm³/mol. The van der Waals surface area contributed by atoms with E-state index in [9.17, 15) is 9.90 Å². The summed E-state index contributed by atoms with van der Waals surface area (Å²) in [6.07, 6.45) is 0. The first-order chi connectivity index (χ1) is 11.0. The summed E-state index contributed by atoms with van der Waals surface area (Å²) in [5.74, 6) is 0.501. The Morgan fingerprint density at radius 3 is 2.70 bits per heavy atom. The van der Waals surface area contributed by atoms with Crippen molar-refractivity contribution >= 4 is 11.6 Å². The normalized spacial score (nSPS) is 11.2. The van der Waals surface area contributed by atoms with E-state index in [1.807, 2.05) is 32.0 Å². The second-order valence-electron chi connectivity index (χ2n) is 5.27. The van der Waals surface area contributed by atoms with Gasteiger partial charge in [0.15, 0.2) is 6.61 Å². The fraction of sp³-hybridized carbons (Fsp3) is 0.222. The third kappa shape index (κ3) is 4.57. The Morgan fingerprint density at radius 1 is 1.22 bits per heavy atom. The van der Waals surface area contributed by atoms with Gasteiger partial charge in [0.25, 0.3) is 5.91 Å². The molecule has 0 bridgehead atoms. The van der Waals surface area contributed by atoms with E-state index in [0.29, 0.717) is 11.5 Å². The molecule has 5 heteroatoms. The monoisotopic (exact) mass is 312 g/mol. The Hall–Kier alpha value is -2.82. The number of hydrazone groups is 1. The largest absolute Gasteiger partial charge is 0.508 e. The fourth-order valence-electron chi connectivity index (χ4n) is 2.00. The van der Waals surface area contributed by atoms with Gasteiger partial charge in [0, 0.05) is 5.56 Å². The van der Waals surface area contributed by atoms with E-state index in [1.54, 1.807) is 31.2 Å². The molecule has 0 heterocycles. The maximum atomic E-state index is 11.8. The van der Waals surface area contributed by atoms with Gasteiger partial charge >= 0.3 is 0 Å². The maximum Gasteiger partial charge on any atom is 0.277 e. The van der Waals surface area contributed by atoms with Gasteiger partial charge in [-0.3, -0.25) is 4.79 Å². The minimum absolute atomic E-state index is 0.110. The molecule has 0 saturated heterocycles. The lowest BCUT2D eigenvalue weighted by atomic mass is 10.1. The topological polar surface area (TPSA) is 70.9 Å². The molecule has 0 atom stereocenters. The minimum Gasteiger partial charge on any atom is -0.508 e. The molecule has 0 aliphatic heterocycles. The fourth-order valence-corrected chi connectivity index (χ4v) is 2.00. The summed E-state index contributed by atoms with van der Waals surface area (Å²) in [4.78, 5) is 11.8. The number of rotatable bonds is 5. The van der Waals surface area contributed by atoms with Gasteiger partial charge in [-0.05, 0) is 50.1 Å². The van der Waals surface area contributed by atoms with Gasteiger partial charge in [-0.2, -0.15) is 5.10 Å². The van der Waals surface area contributed by atoms with Crippen LogP contribution in [0, 0.1) is 13.8 Å². The standard InChI is InChI=1S/C18H20N2O3/c1-12-6-4-9-17(13(12)2)23-11-18(22)20-19-14(3)15-7-5-8-16(21)10-15/h4-10,21H,11H2,1-3H3,(H,20,22)/b19-14-. The van der Waals surface area contributed by atoms with E-state index >= 15 is 0 Å². The van der Waals surface area contributed by atoms with Crippen LogP contribution >= 0.6 is 0 Å². The molecule has 0 radical (unpaired) electrons. The van der Waals surface area contributed by atoms with E-state index in [0.717, 1.165) is 16.7 Å². The molecule has 2 aromatic carbocycles. The Bertz CT molecular complexity index is 739. The highest BCUT2D eigenvalue weighted by Gasteiger charge is 2.06. The van der Waals surface area contributed by atoms with E-state index in [4.69, 9.17) is 4.74 Å². The lowest BCUT2D eigenvalue weighted by Crippen LogP contribution is -2.25. The maximum absolute atomic E-state index is 11.8. The van der Waals surface area contributed by atoms with Crippen LogP contribution in [-0.4, -0.2) is 23.3 Å². The lowest BCUT2D eigenvalue weighted by Gasteiger charge is -2.10. The van der Waals surface area contributed by atoms with E-state index in [-0.39, 0.29) is 18.3 Å². The molecule has 0 spiro atoms. The Kier molecular flexibility index (Phi) is 5.36. The second-order valence-corrected chi connectivity index (χ2v) is 5.27. The number of hydrogen-bond donors (Lipinski definition) is 2. The summed E-state index contributed by atoms with van der Waals surface area (Å²) < 4.78 is 5.52. The average Bonchev–Trinajstić information content (AvgIpc) is 2.54. The van der Waals surface area contributed by atoms with Crippen molar-refractivity contribution in [2.45, 2.75) is 20.8 Å². The summed E-state index contributed by atoms with van der Waals surface area (Å²) in [5.41, 5.74) is 5.91. The SMILES string of the molecule is C/C(=N/NC(=O)COc1cccc(C)c1C)c1cccc(O)c1. The number of amides is 1. The van der Waals surface area contributed by atoms with Crippen LogP contribution in [-0.2, 0) is 4.79 Å². The molecule has 1 amide bonds. The molecular formula is C18H20N2O3. The van der Waals surface area contributed by atoms with Crippen LogP contribution in [0.2, 0.25) is 0 Å². The lowest BCUT2D eigenvalue weighted by molar-refractivity contribution is -0.123. The molecule has 0 fully saturated rings. The van der Waals surface area contributed by atoms with Gasteiger partial charge in [-0.1, -0.05) is 24.3 Å². The molecule has 0 saturated carbocycles. The highest BCUT2D eigenvalue weighted by Crippen LogP contribution is 2.20. The molecule has 5 nitrogen and oxygen atoms in total. The number of benzene rings is 2. The molecule has 0 aliphatic carbocycles. The number of carbonyl (C=O) groups is 1. The third-order valence-electron chi connectivity index (χ3n) is 3.53.